The minimum Gasteiger partial charge on any atom is -0.376 e. The Balaban J connectivity index is 1.95. The number of nitrogens with zero attached hydrogens (tertiary/aromatic N) is 2. The van der Waals surface area contributed by atoms with Crippen molar-refractivity contribution in [1.82, 2.24) is 10.1 Å². The van der Waals surface area contributed by atoms with Crippen molar-refractivity contribution in [2.24, 2.45) is 0 Å². The molecule has 1 heterocycles. The van der Waals surface area contributed by atoms with Crippen LogP contribution in [0.1, 0.15) is 31.2 Å². The highest BCUT2D eigenvalue weighted by atomic mass is 16.5. The van der Waals surface area contributed by atoms with Gasteiger partial charge in [0.15, 0.2) is 0 Å². The molecule has 0 spiro atoms. The Bertz CT molecular complexity index is 466. The predicted octanol–water partition coefficient (Wildman–Crippen LogP) is 2.78. The van der Waals surface area contributed by atoms with Gasteiger partial charge in [0.05, 0.1) is 6.54 Å². The van der Waals surface area contributed by atoms with Crippen LogP contribution in [0.2, 0.25) is 0 Å². The van der Waals surface area contributed by atoms with E-state index in [1.807, 2.05) is 37.3 Å². The highest BCUT2D eigenvalue weighted by molar-refractivity contribution is 5.42. The first-order valence-electron chi connectivity index (χ1n) is 5.97. The second-order valence-electron chi connectivity index (χ2n) is 3.90. The fourth-order valence-corrected chi connectivity index (χ4v) is 1.66. The number of nitrogens with one attached hydrogen (secondary N) is 1. The van der Waals surface area contributed by atoms with E-state index in [2.05, 4.69) is 15.5 Å². The molecule has 0 saturated carbocycles. The molecule has 1 unspecified atom stereocenters. The van der Waals surface area contributed by atoms with E-state index >= 15 is 0 Å². The molecule has 0 saturated heterocycles. The Morgan fingerprint density at radius 1 is 1.33 bits per heavy atom. The normalized spacial score (nSPS) is 12.3. The number of ether oxygens (including phenoxy) is 1. The van der Waals surface area contributed by atoms with E-state index in [0.717, 1.165) is 12.1 Å². The molecule has 0 radical (unpaired) electrons. The Labute approximate surface area is 106 Å². The van der Waals surface area contributed by atoms with Crippen LogP contribution in [-0.4, -0.2) is 17.3 Å². The molecule has 1 atom stereocenters. The molecule has 0 amide bonds. The summed E-state index contributed by atoms with van der Waals surface area (Å²) in [5.41, 5.74) is 1.02. The van der Waals surface area contributed by atoms with Gasteiger partial charge in [0, 0.05) is 12.8 Å². The van der Waals surface area contributed by atoms with Crippen molar-refractivity contribution >= 4 is 5.69 Å². The first-order chi connectivity index (χ1) is 8.83. The topological polar surface area (TPSA) is 60.2 Å². The lowest BCUT2D eigenvalue weighted by atomic mass is 10.3. The second-order valence-corrected chi connectivity index (χ2v) is 3.90. The minimum atomic E-state index is -0.0979. The number of hydrogen-bond donors (Lipinski definition) is 1. The fourth-order valence-electron chi connectivity index (χ4n) is 1.66. The summed E-state index contributed by atoms with van der Waals surface area (Å²) in [5, 5.41) is 7.13. The maximum atomic E-state index is 5.26. The molecule has 1 aromatic heterocycles. The zero-order chi connectivity index (χ0) is 12.8. The van der Waals surface area contributed by atoms with Gasteiger partial charge < -0.3 is 14.6 Å². The van der Waals surface area contributed by atoms with Gasteiger partial charge in [-0.05, 0) is 18.6 Å². The van der Waals surface area contributed by atoms with Gasteiger partial charge in [0.25, 0.3) is 0 Å². The van der Waals surface area contributed by atoms with E-state index in [1.165, 1.54) is 0 Å². The van der Waals surface area contributed by atoms with Gasteiger partial charge in [-0.3, -0.25) is 0 Å². The second kappa shape index (κ2) is 6.16. The summed E-state index contributed by atoms with van der Waals surface area (Å²) < 4.78 is 10.4. The molecule has 5 nitrogen and oxygen atoms in total. The van der Waals surface area contributed by atoms with Crippen LogP contribution in [0.25, 0.3) is 0 Å². The zero-order valence-corrected chi connectivity index (χ0v) is 10.6. The van der Waals surface area contributed by atoms with Gasteiger partial charge in [-0.1, -0.05) is 30.3 Å². The van der Waals surface area contributed by atoms with Crippen LogP contribution in [0.15, 0.2) is 34.9 Å². The summed E-state index contributed by atoms with van der Waals surface area (Å²) in [6.45, 7) is 2.53. The standard InChI is InChI=1S/C13H17N3O2/c1-3-11(17-2)13-15-12(18-16-13)9-14-10-7-5-4-6-8-10/h4-8,11,14H,3,9H2,1-2H3. The average molecular weight is 247 g/mol. The van der Waals surface area contributed by atoms with Crippen molar-refractivity contribution in [3.8, 4) is 0 Å². The van der Waals surface area contributed by atoms with Gasteiger partial charge in [-0.15, -0.1) is 0 Å². The van der Waals surface area contributed by atoms with E-state index in [0.29, 0.717) is 18.3 Å². The summed E-state index contributed by atoms with van der Waals surface area (Å²) in [4.78, 5) is 4.30. The molecule has 0 fully saturated rings. The molecule has 5 heteroatoms. The SMILES string of the molecule is CCC(OC)c1noc(CNc2ccccc2)n1. The quantitative estimate of drug-likeness (QED) is 0.850. The first kappa shape index (κ1) is 12.6. The summed E-state index contributed by atoms with van der Waals surface area (Å²) >= 11 is 0. The molecule has 0 aliphatic rings. The molecule has 1 aromatic carbocycles. The molecule has 1 N–H and O–H groups in total. The Morgan fingerprint density at radius 3 is 2.78 bits per heavy atom. The summed E-state index contributed by atoms with van der Waals surface area (Å²) in [7, 11) is 1.65. The van der Waals surface area contributed by atoms with Crippen molar-refractivity contribution in [3.05, 3.63) is 42.0 Å². The van der Waals surface area contributed by atoms with Crippen LogP contribution in [0, 0.1) is 0 Å². The average Bonchev–Trinajstić information content (AvgIpc) is 2.88. The molecule has 96 valence electrons. The van der Waals surface area contributed by atoms with Gasteiger partial charge in [-0.25, -0.2) is 0 Å². The summed E-state index contributed by atoms with van der Waals surface area (Å²) in [5.74, 6) is 1.16. The van der Waals surface area contributed by atoms with E-state index in [9.17, 15) is 0 Å². The molecule has 2 aromatic rings. The third-order valence-corrected chi connectivity index (χ3v) is 2.64. The third kappa shape index (κ3) is 3.07. The number of aromatic nitrogens is 2. The van der Waals surface area contributed by atoms with Crippen LogP contribution in [0.3, 0.4) is 0 Å². The van der Waals surface area contributed by atoms with Gasteiger partial charge >= 0.3 is 0 Å². The molecule has 0 aliphatic carbocycles. The summed E-state index contributed by atoms with van der Waals surface area (Å²) in [6, 6.07) is 9.89. The van der Waals surface area contributed by atoms with Crippen molar-refractivity contribution in [2.75, 3.05) is 12.4 Å². The molecule has 2 rings (SSSR count). The Kier molecular flexibility index (Phi) is 4.30. The smallest absolute Gasteiger partial charge is 0.246 e. The van der Waals surface area contributed by atoms with Crippen LogP contribution in [0.5, 0.6) is 0 Å². The lowest BCUT2D eigenvalue weighted by molar-refractivity contribution is 0.0903. The van der Waals surface area contributed by atoms with E-state index < -0.39 is 0 Å². The third-order valence-electron chi connectivity index (χ3n) is 2.64. The van der Waals surface area contributed by atoms with Crippen LogP contribution >= 0.6 is 0 Å². The van der Waals surface area contributed by atoms with E-state index in [1.54, 1.807) is 7.11 Å². The van der Waals surface area contributed by atoms with Crippen LogP contribution < -0.4 is 5.32 Å². The lowest BCUT2D eigenvalue weighted by Crippen LogP contribution is -2.03. The minimum absolute atomic E-state index is 0.0979. The predicted molar refractivity (Wildman–Crippen MR) is 68.1 cm³/mol. The van der Waals surface area contributed by atoms with Crippen molar-refractivity contribution in [2.45, 2.75) is 26.0 Å². The van der Waals surface area contributed by atoms with Crippen LogP contribution in [-0.2, 0) is 11.3 Å². The Hall–Kier alpha value is -1.88. The first-order valence-corrected chi connectivity index (χ1v) is 5.97. The molecular formula is C13H17N3O2. The molecule has 18 heavy (non-hydrogen) atoms. The van der Waals surface area contributed by atoms with E-state index in [-0.39, 0.29) is 6.10 Å². The number of para-hydroxylation sites is 1. The Morgan fingerprint density at radius 2 is 2.11 bits per heavy atom. The highest BCUT2D eigenvalue weighted by Crippen LogP contribution is 2.17. The molecule has 0 bridgehead atoms. The summed E-state index contributed by atoms with van der Waals surface area (Å²) in [6.07, 6.45) is 0.723. The molecule has 0 aliphatic heterocycles. The number of benzene rings is 1. The number of methoxy groups -OCH3 is 1. The van der Waals surface area contributed by atoms with Crippen molar-refractivity contribution in [1.29, 1.82) is 0 Å². The number of rotatable bonds is 6. The fraction of sp³-hybridized carbons (Fsp3) is 0.385. The number of anilines is 1. The van der Waals surface area contributed by atoms with Crippen LogP contribution in [0.4, 0.5) is 5.69 Å². The monoisotopic (exact) mass is 247 g/mol. The van der Waals surface area contributed by atoms with Crippen molar-refractivity contribution < 1.29 is 9.26 Å². The molecular weight excluding hydrogens is 230 g/mol. The zero-order valence-electron chi connectivity index (χ0n) is 10.6. The van der Waals surface area contributed by atoms with Crippen molar-refractivity contribution in [3.63, 3.8) is 0 Å². The lowest BCUT2D eigenvalue weighted by Gasteiger charge is -2.06. The van der Waals surface area contributed by atoms with E-state index in [4.69, 9.17) is 9.26 Å². The number of hydrogen-bond acceptors (Lipinski definition) is 5. The maximum Gasteiger partial charge on any atom is 0.246 e. The van der Waals surface area contributed by atoms with Gasteiger partial charge in [-0.2, -0.15) is 4.98 Å². The maximum absolute atomic E-state index is 5.26. The van der Waals surface area contributed by atoms with Gasteiger partial charge in [0.1, 0.15) is 6.10 Å². The highest BCUT2D eigenvalue weighted by Gasteiger charge is 2.15. The van der Waals surface area contributed by atoms with Gasteiger partial charge in [0.2, 0.25) is 11.7 Å². The largest absolute Gasteiger partial charge is 0.376 e.